The fraction of sp³-hybridized carbons (Fsp3) is 0.857. The van der Waals surface area contributed by atoms with Crippen LogP contribution >= 0.6 is 7.60 Å². The average molecular weight is 228 g/mol. The van der Waals surface area contributed by atoms with Gasteiger partial charge in [-0.1, -0.05) is 0 Å². The van der Waals surface area contributed by atoms with Gasteiger partial charge in [0.2, 0.25) is 0 Å². The summed E-state index contributed by atoms with van der Waals surface area (Å²) in [6.07, 6.45) is 0. The third kappa shape index (κ3) is 3.36. The number of hydrogen-bond acceptors (Lipinski definition) is 5. The molecule has 14 heavy (non-hydrogen) atoms. The summed E-state index contributed by atoms with van der Waals surface area (Å²) in [7, 11) is -3.00. The van der Waals surface area contributed by atoms with E-state index >= 15 is 0 Å². The normalized spacial score (nSPS) is 17.1. The van der Waals surface area contributed by atoms with Gasteiger partial charge in [0.15, 0.2) is 0 Å². The Kier molecular flexibility index (Phi) is 5.92. The standard InChI is InChI=1S/C7H14FO5P/c1-4-12-7(9)6(8)14(10,11-3)13-5-2/h6H,4-5H2,1-3H3. The van der Waals surface area contributed by atoms with E-state index < -0.39 is 19.5 Å². The third-order valence-electron chi connectivity index (χ3n) is 1.32. The largest absolute Gasteiger partial charge is 0.463 e. The number of esters is 1. The number of carbonyl (C=O) groups is 1. The van der Waals surface area contributed by atoms with Gasteiger partial charge < -0.3 is 13.8 Å². The fourth-order valence-electron chi connectivity index (χ4n) is 0.731. The quantitative estimate of drug-likeness (QED) is 0.511. The van der Waals surface area contributed by atoms with Gasteiger partial charge in [-0.2, -0.15) is 0 Å². The van der Waals surface area contributed by atoms with Crippen LogP contribution in [0.15, 0.2) is 0 Å². The first-order valence-electron chi connectivity index (χ1n) is 4.12. The molecule has 5 nitrogen and oxygen atoms in total. The number of hydrogen-bond donors (Lipinski definition) is 0. The summed E-state index contributed by atoms with van der Waals surface area (Å²) in [5.74, 6) is -3.61. The zero-order valence-electron chi connectivity index (χ0n) is 8.36. The van der Waals surface area contributed by atoms with Crippen molar-refractivity contribution in [2.24, 2.45) is 0 Å². The minimum atomic E-state index is -4.02. The van der Waals surface area contributed by atoms with E-state index in [4.69, 9.17) is 0 Å². The number of halogens is 1. The van der Waals surface area contributed by atoms with Crippen LogP contribution in [-0.2, 0) is 23.1 Å². The van der Waals surface area contributed by atoms with E-state index in [-0.39, 0.29) is 13.2 Å². The van der Waals surface area contributed by atoms with Crippen LogP contribution in [0.5, 0.6) is 0 Å². The molecule has 7 heteroatoms. The predicted molar refractivity (Wildman–Crippen MR) is 47.8 cm³/mol. The smallest absolute Gasteiger partial charge is 0.375 e. The first-order valence-corrected chi connectivity index (χ1v) is 5.73. The fourth-order valence-corrected chi connectivity index (χ4v) is 1.84. The van der Waals surface area contributed by atoms with Crippen molar-refractivity contribution in [1.82, 2.24) is 0 Å². The highest BCUT2D eigenvalue weighted by Gasteiger charge is 2.42. The Labute approximate surface area is 82.1 Å². The zero-order valence-corrected chi connectivity index (χ0v) is 9.25. The molecule has 0 spiro atoms. The molecule has 0 aliphatic carbocycles. The minimum absolute atomic E-state index is 0.00899. The van der Waals surface area contributed by atoms with Crippen LogP contribution in [-0.4, -0.2) is 32.2 Å². The van der Waals surface area contributed by atoms with Crippen LogP contribution in [0.25, 0.3) is 0 Å². The molecule has 2 atom stereocenters. The van der Waals surface area contributed by atoms with E-state index in [1.165, 1.54) is 13.8 Å². The molecule has 0 fully saturated rings. The number of carbonyl (C=O) groups excluding carboxylic acids is 1. The molecule has 84 valence electrons. The Morgan fingerprint density at radius 1 is 1.43 bits per heavy atom. The lowest BCUT2D eigenvalue weighted by Gasteiger charge is -2.17. The molecule has 0 amide bonds. The van der Waals surface area contributed by atoms with Crippen LogP contribution in [0.1, 0.15) is 13.8 Å². The Morgan fingerprint density at radius 2 is 2.00 bits per heavy atom. The van der Waals surface area contributed by atoms with Crippen molar-refractivity contribution in [1.29, 1.82) is 0 Å². The molecule has 2 unspecified atom stereocenters. The molecule has 0 bridgehead atoms. The first kappa shape index (κ1) is 13.5. The summed E-state index contributed by atoms with van der Waals surface area (Å²) in [4.78, 5) is 10.9. The van der Waals surface area contributed by atoms with Crippen LogP contribution in [0.3, 0.4) is 0 Å². The van der Waals surface area contributed by atoms with Gasteiger partial charge in [0.1, 0.15) is 0 Å². The molecule has 0 aromatic carbocycles. The predicted octanol–water partition coefficient (Wildman–Crippen LogP) is 1.72. The van der Waals surface area contributed by atoms with Crippen LogP contribution < -0.4 is 0 Å². The van der Waals surface area contributed by atoms with Gasteiger partial charge in [-0.25, -0.2) is 9.18 Å². The monoisotopic (exact) mass is 228 g/mol. The summed E-state index contributed by atoms with van der Waals surface area (Å²) in [6.45, 7) is 3.03. The van der Waals surface area contributed by atoms with Crippen molar-refractivity contribution in [2.75, 3.05) is 20.3 Å². The Hall–Kier alpha value is -0.450. The summed E-state index contributed by atoms with van der Waals surface area (Å²) < 4.78 is 38.0. The molecule has 0 radical (unpaired) electrons. The van der Waals surface area contributed by atoms with Gasteiger partial charge in [-0.3, -0.25) is 4.57 Å². The SMILES string of the molecule is CCOC(=O)C(F)P(=O)(OC)OCC. The van der Waals surface area contributed by atoms with Crippen molar-refractivity contribution in [3.05, 3.63) is 0 Å². The lowest BCUT2D eigenvalue weighted by Crippen LogP contribution is -2.21. The molecule has 0 saturated heterocycles. The number of alkyl halides is 1. The van der Waals surface area contributed by atoms with Crippen molar-refractivity contribution < 1.29 is 27.5 Å². The van der Waals surface area contributed by atoms with Gasteiger partial charge in [0.05, 0.1) is 13.2 Å². The maximum atomic E-state index is 13.2. The van der Waals surface area contributed by atoms with E-state index in [2.05, 4.69) is 13.8 Å². The maximum Gasteiger partial charge on any atom is 0.375 e. The van der Waals surface area contributed by atoms with E-state index in [0.29, 0.717) is 0 Å². The van der Waals surface area contributed by atoms with Crippen molar-refractivity contribution in [2.45, 2.75) is 19.8 Å². The maximum absolute atomic E-state index is 13.2. The van der Waals surface area contributed by atoms with E-state index in [0.717, 1.165) is 7.11 Å². The molecule has 0 saturated carbocycles. The van der Waals surface area contributed by atoms with Crippen LogP contribution in [0.4, 0.5) is 4.39 Å². The first-order chi connectivity index (χ1) is 6.51. The molecular formula is C7H14FO5P. The van der Waals surface area contributed by atoms with E-state index in [9.17, 15) is 13.8 Å². The van der Waals surface area contributed by atoms with Gasteiger partial charge in [0.25, 0.3) is 5.91 Å². The molecule has 0 aromatic heterocycles. The van der Waals surface area contributed by atoms with Gasteiger partial charge in [-0.15, -0.1) is 0 Å². The van der Waals surface area contributed by atoms with Crippen molar-refractivity contribution in [3.63, 3.8) is 0 Å². The molecular weight excluding hydrogens is 214 g/mol. The summed E-state index contributed by atoms with van der Waals surface area (Å²) >= 11 is 0. The second-order valence-electron chi connectivity index (χ2n) is 2.23. The van der Waals surface area contributed by atoms with E-state index in [1.54, 1.807) is 0 Å². The summed E-state index contributed by atoms with van der Waals surface area (Å²) in [5.41, 5.74) is 0. The zero-order chi connectivity index (χ0) is 11.2. The molecule has 0 rings (SSSR count). The highest BCUT2D eigenvalue weighted by molar-refractivity contribution is 7.55. The van der Waals surface area contributed by atoms with Crippen molar-refractivity contribution >= 4 is 13.6 Å². The number of rotatable bonds is 6. The average Bonchev–Trinajstić information content (AvgIpc) is 2.17. The van der Waals surface area contributed by atoms with Crippen molar-refractivity contribution in [3.8, 4) is 0 Å². The Bertz CT molecular complexity index is 232. The van der Waals surface area contributed by atoms with Crippen LogP contribution in [0, 0.1) is 0 Å². The lowest BCUT2D eigenvalue weighted by atomic mass is 10.7. The van der Waals surface area contributed by atoms with Crippen LogP contribution in [0.2, 0.25) is 0 Å². The summed E-state index contributed by atoms with van der Waals surface area (Å²) in [6, 6.07) is 0. The number of ether oxygens (including phenoxy) is 1. The Balaban J connectivity index is 4.52. The van der Waals surface area contributed by atoms with E-state index in [1.807, 2.05) is 0 Å². The minimum Gasteiger partial charge on any atom is -0.463 e. The Morgan fingerprint density at radius 3 is 2.36 bits per heavy atom. The van der Waals surface area contributed by atoms with Gasteiger partial charge >= 0.3 is 13.6 Å². The highest BCUT2D eigenvalue weighted by Crippen LogP contribution is 2.53. The van der Waals surface area contributed by atoms with Gasteiger partial charge in [-0.05, 0) is 13.8 Å². The second-order valence-corrected chi connectivity index (χ2v) is 4.38. The molecule has 0 aliphatic heterocycles. The molecule has 0 aliphatic rings. The second kappa shape index (κ2) is 6.11. The molecule has 0 aromatic rings. The third-order valence-corrected chi connectivity index (χ3v) is 3.22. The lowest BCUT2D eigenvalue weighted by molar-refractivity contribution is -0.146. The molecule has 0 N–H and O–H groups in total. The molecule has 0 heterocycles. The highest BCUT2D eigenvalue weighted by atomic mass is 31.2. The van der Waals surface area contributed by atoms with Gasteiger partial charge in [0, 0.05) is 7.11 Å². The topological polar surface area (TPSA) is 61.8 Å². The summed E-state index contributed by atoms with van der Waals surface area (Å²) in [5, 5.41) is 0.